The first-order chi connectivity index (χ1) is 7.71. The van der Waals surface area contributed by atoms with Crippen LogP contribution in [0.25, 0.3) is 0 Å². The van der Waals surface area contributed by atoms with E-state index in [1.165, 1.54) is 0 Å². The number of nitriles is 1. The SMILES string of the molecule is CCC(CC)C(C)Nc1cccc(C#N)n1. The number of aromatic nitrogens is 1. The van der Waals surface area contributed by atoms with Crippen LogP contribution in [0, 0.1) is 17.2 Å². The fourth-order valence-electron chi connectivity index (χ4n) is 1.92. The summed E-state index contributed by atoms with van der Waals surface area (Å²) < 4.78 is 0. The third-order valence-electron chi connectivity index (χ3n) is 3.00. The lowest BCUT2D eigenvalue weighted by Gasteiger charge is -2.22. The monoisotopic (exact) mass is 217 g/mol. The molecular weight excluding hydrogens is 198 g/mol. The van der Waals surface area contributed by atoms with Crippen LogP contribution in [0.4, 0.5) is 5.82 Å². The van der Waals surface area contributed by atoms with Gasteiger partial charge in [0.15, 0.2) is 0 Å². The lowest BCUT2D eigenvalue weighted by Crippen LogP contribution is -2.25. The maximum absolute atomic E-state index is 8.76. The van der Waals surface area contributed by atoms with Gasteiger partial charge in [0.2, 0.25) is 0 Å². The predicted octanol–water partition coefficient (Wildman–Crippen LogP) is 3.19. The second-order valence-electron chi connectivity index (χ2n) is 4.03. The van der Waals surface area contributed by atoms with Crippen molar-refractivity contribution in [1.82, 2.24) is 4.98 Å². The Balaban J connectivity index is 2.69. The van der Waals surface area contributed by atoms with Crippen molar-refractivity contribution in [1.29, 1.82) is 5.26 Å². The van der Waals surface area contributed by atoms with Crippen LogP contribution in [0.1, 0.15) is 39.3 Å². The van der Waals surface area contributed by atoms with E-state index < -0.39 is 0 Å². The molecule has 0 fully saturated rings. The smallest absolute Gasteiger partial charge is 0.142 e. The highest BCUT2D eigenvalue weighted by Gasteiger charge is 2.13. The van der Waals surface area contributed by atoms with Gasteiger partial charge in [-0.05, 0) is 25.0 Å². The zero-order valence-corrected chi connectivity index (χ0v) is 10.2. The summed E-state index contributed by atoms with van der Waals surface area (Å²) >= 11 is 0. The molecule has 1 rings (SSSR count). The summed E-state index contributed by atoms with van der Waals surface area (Å²) in [5, 5.41) is 12.1. The quantitative estimate of drug-likeness (QED) is 0.824. The maximum Gasteiger partial charge on any atom is 0.142 e. The largest absolute Gasteiger partial charge is 0.367 e. The van der Waals surface area contributed by atoms with Gasteiger partial charge < -0.3 is 5.32 Å². The summed E-state index contributed by atoms with van der Waals surface area (Å²) in [4.78, 5) is 4.21. The lowest BCUT2D eigenvalue weighted by molar-refractivity contribution is 0.437. The molecule has 0 aliphatic rings. The molecule has 0 saturated heterocycles. The molecule has 0 bridgehead atoms. The van der Waals surface area contributed by atoms with E-state index in [9.17, 15) is 0 Å². The Morgan fingerprint density at radius 3 is 2.62 bits per heavy atom. The molecule has 1 aromatic heterocycles. The van der Waals surface area contributed by atoms with E-state index >= 15 is 0 Å². The first-order valence-electron chi connectivity index (χ1n) is 5.84. The molecule has 0 amide bonds. The van der Waals surface area contributed by atoms with Crippen molar-refractivity contribution in [2.24, 2.45) is 5.92 Å². The number of nitrogens with one attached hydrogen (secondary N) is 1. The Kier molecular flexibility index (Phi) is 4.78. The highest BCUT2D eigenvalue weighted by molar-refractivity contribution is 5.39. The molecular formula is C13H19N3. The molecule has 0 aromatic carbocycles. The van der Waals surface area contributed by atoms with Crippen molar-refractivity contribution >= 4 is 5.82 Å². The molecule has 1 heterocycles. The van der Waals surface area contributed by atoms with Gasteiger partial charge in [0.25, 0.3) is 0 Å². The normalized spacial score (nSPS) is 12.2. The molecule has 3 heteroatoms. The third kappa shape index (κ3) is 3.23. The minimum absolute atomic E-state index is 0.386. The second kappa shape index (κ2) is 6.12. The summed E-state index contributed by atoms with van der Waals surface area (Å²) in [5.41, 5.74) is 0.460. The molecule has 0 aliphatic carbocycles. The molecule has 0 aliphatic heterocycles. The van der Waals surface area contributed by atoms with Gasteiger partial charge in [0.1, 0.15) is 17.6 Å². The van der Waals surface area contributed by atoms with Crippen LogP contribution in [0.5, 0.6) is 0 Å². The van der Waals surface area contributed by atoms with Gasteiger partial charge in [0.05, 0.1) is 0 Å². The Bertz CT molecular complexity index is 364. The van der Waals surface area contributed by atoms with Crippen LogP contribution in [-0.2, 0) is 0 Å². The van der Waals surface area contributed by atoms with E-state index in [-0.39, 0.29) is 0 Å². The van der Waals surface area contributed by atoms with Crippen molar-refractivity contribution in [2.75, 3.05) is 5.32 Å². The van der Waals surface area contributed by atoms with Crippen molar-refractivity contribution < 1.29 is 0 Å². The summed E-state index contributed by atoms with van der Waals surface area (Å²) in [7, 11) is 0. The minimum Gasteiger partial charge on any atom is -0.367 e. The Hall–Kier alpha value is -1.56. The van der Waals surface area contributed by atoms with E-state index in [1.807, 2.05) is 18.2 Å². The zero-order chi connectivity index (χ0) is 12.0. The predicted molar refractivity (Wildman–Crippen MR) is 66.1 cm³/mol. The minimum atomic E-state index is 0.386. The lowest BCUT2D eigenvalue weighted by atomic mass is 9.95. The summed E-state index contributed by atoms with van der Waals surface area (Å²) in [6, 6.07) is 7.90. The molecule has 0 spiro atoms. The summed E-state index contributed by atoms with van der Waals surface area (Å²) in [6.45, 7) is 6.56. The van der Waals surface area contributed by atoms with Crippen molar-refractivity contribution in [3.05, 3.63) is 23.9 Å². The van der Waals surface area contributed by atoms with Gasteiger partial charge in [-0.15, -0.1) is 0 Å². The molecule has 16 heavy (non-hydrogen) atoms. The number of hydrogen-bond donors (Lipinski definition) is 1. The van der Waals surface area contributed by atoms with Crippen LogP contribution in [0.15, 0.2) is 18.2 Å². The second-order valence-corrected chi connectivity index (χ2v) is 4.03. The van der Waals surface area contributed by atoms with E-state index in [2.05, 4.69) is 31.1 Å². The van der Waals surface area contributed by atoms with Crippen LogP contribution < -0.4 is 5.32 Å². The molecule has 86 valence electrons. The van der Waals surface area contributed by atoms with E-state index in [1.54, 1.807) is 6.07 Å². The van der Waals surface area contributed by atoms with Crippen LogP contribution in [0.2, 0.25) is 0 Å². The molecule has 0 saturated carbocycles. The van der Waals surface area contributed by atoms with E-state index in [4.69, 9.17) is 5.26 Å². The Morgan fingerprint density at radius 1 is 1.38 bits per heavy atom. The molecule has 0 radical (unpaired) electrons. The molecule has 1 aromatic rings. The van der Waals surface area contributed by atoms with Crippen molar-refractivity contribution in [2.45, 2.75) is 39.7 Å². The van der Waals surface area contributed by atoms with Gasteiger partial charge in [-0.1, -0.05) is 32.8 Å². The fourth-order valence-corrected chi connectivity index (χ4v) is 1.92. The summed E-state index contributed by atoms with van der Waals surface area (Å²) in [5.74, 6) is 1.44. The van der Waals surface area contributed by atoms with E-state index in [0.717, 1.165) is 18.7 Å². The van der Waals surface area contributed by atoms with Crippen LogP contribution in [-0.4, -0.2) is 11.0 Å². The molecule has 3 nitrogen and oxygen atoms in total. The number of anilines is 1. The number of pyridine rings is 1. The highest BCUT2D eigenvalue weighted by atomic mass is 15.0. The topological polar surface area (TPSA) is 48.7 Å². The van der Waals surface area contributed by atoms with Crippen molar-refractivity contribution in [3.8, 4) is 6.07 Å². The number of hydrogen-bond acceptors (Lipinski definition) is 3. The standard InChI is InChI=1S/C13H19N3/c1-4-11(5-2)10(3)15-13-8-6-7-12(9-14)16-13/h6-8,10-11H,4-5H2,1-3H3,(H,15,16). The molecule has 1 unspecified atom stereocenters. The highest BCUT2D eigenvalue weighted by Crippen LogP contribution is 2.16. The van der Waals surface area contributed by atoms with Gasteiger partial charge in [-0.2, -0.15) is 5.26 Å². The molecule has 1 N–H and O–H groups in total. The maximum atomic E-state index is 8.76. The number of nitrogens with zero attached hydrogens (tertiary/aromatic N) is 2. The van der Waals surface area contributed by atoms with Gasteiger partial charge in [0, 0.05) is 6.04 Å². The van der Waals surface area contributed by atoms with Gasteiger partial charge in [-0.25, -0.2) is 4.98 Å². The first-order valence-corrected chi connectivity index (χ1v) is 5.84. The third-order valence-corrected chi connectivity index (χ3v) is 3.00. The fraction of sp³-hybridized carbons (Fsp3) is 0.538. The zero-order valence-electron chi connectivity index (χ0n) is 10.2. The summed E-state index contributed by atoms with van der Waals surface area (Å²) in [6.07, 6.45) is 2.31. The Morgan fingerprint density at radius 2 is 2.06 bits per heavy atom. The average molecular weight is 217 g/mol. The first kappa shape index (κ1) is 12.5. The van der Waals surface area contributed by atoms with E-state index in [0.29, 0.717) is 17.7 Å². The van der Waals surface area contributed by atoms with Crippen LogP contribution >= 0.6 is 0 Å². The Labute approximate surface area is 97.5 Å². The van der Waals surface area contributed by atoms with Crippen molar-refractivity contribution in [3.63, 3.8) is 0 Å². The van der Waals surface area contributed by atoms with Gasteiger partial charge >= 0.3 is 0 Å². The number of rotatable bonds is 5. The average Bonchev–Trinajstić information content (AvgIpc) is 2.31. The molecule has 1 atom stereocenters. The van der Waals surface area contributed by atoms with Gasteiger partial charge in [-0.3, -0.25) is 0 Å². The van der Waals surface area contributed by atoms with Crippen LogP contribution in [0.3, 0.4) is 0 Å².